The van der Waals surface area contributed by atoms with Gasteiger partial charge in [-0.05, 0) is 84.6 Å². The Labute approximate surface area is 180 Å². The van der Waals surface area contributed by atoms with E-state index in [1.807, 2.05) is 42.5 Å². The van der Waals surface area contributed by atoms with Crippen molar-refractivity contribution in [3.05, 3.63) is 60.2 Å². The molecule has 2 aromatic rings. The summed E-state index contributed by atoms with van der Waals surface area (Å²) in [7, 11) is 0. The number of benzene rings is 2. The molecule has 0 unspecified atom stereocenters. The normalized spacial score (nSPS) is 36.5. The molecule has 158 valence electrons. The molecule has 0 saturated heterocycles. The van der Waals surface area contributed by atoms with Gasteiger partial charge in [-0.2, -0.15) is 0 Å². The second-order valence-electron chi connectivity index (χ2n) is 11.5. The van der Waals surface area contributed by atoms with E-state index in [0.717, 1.165) is 36.3 Å². The number of carbonyl (C=O) groups is 1. The zero-order valence-corrected chi connectivity index (χ0v) is 18.5. The van der Waals surface area contributed by atoms with Gasteiger partial charge in [0.15, 0.2) is 0 Å². The van der Waals surface area contributed by atoms with Crippen LogP contribution in [0.2, 0.25) is 0 Å². The molecule has 3 nitrogen and oxygen atoms in total. The average molecular weight is 404 g/mol. The molecule has 2 aromatic carbocycles. The van der Waals surface area contributed by atoms with E-state index >= 15 is 0 Å². The third-order valence-electron chi connectivity index (χ3n) is 7.70. The molecule has 0 spiro atoms. The number of hydrogen-bond donors (Lipinski definition) is 1. The van der Waals surface area contributed by atoms with Gasteiger partial charge in [0, 0.05) is 5.69 Å². The Morgan fingerprint density at radius 3 is 1.87 bits per heavy atom. The van der Waals surface area contributed by atoms with Gasteiger partial charge in [0.1, 0.15) is 12.4 Å². The van der Waals surface area contributed by atoms with Crippen molar-refractivity contribution in [1.82, 2.24) is 0 Å². The molecule has 0 heterocycles. The minimum Gasteiger partial charge on any atom is -0.489 e. The summed E-state index contributed by atoms with van der Waals surface area (Å²) in [5.41, 5.74) is 2.73. The van der Waals surface area contributed by atoms with E-state index in [0.29, 0.717) is 22.9 Å². The van der Waals surface area contributed by atoms with E-state index in [2.05, 4.69) is 38.2 Å². The fourth-order valence-electron chi connectivity index (χ4n) is 8.17. The molecule has 4 fully saturated rings. The molecule has 4 saturated carbocycles. The SMILES string of the molecule is CC12CC3(C)CC(C)(C1)CC(C(=O)Nc1ccc(OCc4ccccc4)cc1)(C2)C3. The first-order chi connectivity index (χ1) is 14.2. The van der Waals surface area contributed by atoms with Crippen LogP contribution in [0.25, 0.3) is 0 Å². The topological polar surface area (TPSA) is 38.3 Å². The number of ether oxygens (including phenoxy) is 1. The van der Waals surface area contributed by atoms with Crippen molar-refractivity contribution in [2.24, 2.45) is 21.7 Å². The summed E-state index contributed by atoms with van der Waals surface area (Å²) in [6.07, 6.45) is 6.94. The van der Waals surface area contributed by atoms with Gasteiger partial charge >= 0.3 is 0 Å². The smallest absolute Gasteiger partial charge is 0.230 e. The Morgan fingerprint density at radius 1 is 0.800 bits per heavy atom. The predicted octanol–water partition coefficient (Wildman–Crippen LogP) is 6.59. The average Bonchev–Trinajstić information content (AvgIpc) is 2.64. The Bertz CT molecular complexity index is 895. The van der Waals surface area contributed by atoms with Crippen molar-refractivity contribution in [2.75, 3.05) is 5.32 Å². The number of anilines is 1. The van der Waals surface area contributed by atoms with E-state index in [1.165, 1.54) is 19.3 Å². The van der Waals surface area contributed by atoms with Crippen LogP contribution in [0.5, 0.6) is 5.75 Å². The van der Waals surface area contributed by atoms with Crippen LogP contribution in [0, 0.1) is 21.7 Å². The van der Waals surface area contributed by atoms with Crippen LogP contribution in [0.3, 0.4) is 0 Å². The van der Waals surface area contributed by atoms with Crippen LogP contribution in [0.15, 0.2) is 54.6 Å². The van der Waals surface area contributed by atoms with Crippen molar-refractivity contribution >= 4 is 11.6 Å². The summed E-state index contributed by atoms with van der Waals surface area (Å²) in [6.45, 7) is 7.80. The van der Waals surface area contributed by atoms with Crippen LogP contribution in [-0.4, -0.2) is 5.91 Å². The van der Waals surface area contributed by atoms with Crippen molar-refractivity contribution in [3.63, 3.8) is 0 Å². The fraction of sp³-hybridized carbons (Fsp3) is 0.519. The van der Waals surface area contributed by atoms with Gasteiger partial charge in [0.05, 0.1) is 5.41 Å². The third kappa shape index (κ3) is 3.53. The van der Waals surface area contributed by atoms with Crippen molar-refractivity contribution in [1.29, 1.82) is 0 Å². The lowest BCUT2D eigenvalue weighted by Crippen LogP contribution is -2.62. The maximum Gasteiger partial charge on any atom is 0.230 e. The number of rotatable bonds is 5. The zero-order valence-electron chi connectivity index (χ0n) is 18.5. The van der Waals surface area contributed by atoms with E-state index in [4.69, 9.17) is 4.74 Å². The molecular weight excluding hydrogens is 370 g/mol. The lowest BCUT2D eigenvalue weighted by molar-refractivity contribution is -0.188. The van der Waals surface area contributed by atoms with Crippen LogP contribution in [0.1, 0.15) is 64.9 Å². The molecule has 0 radical (unpaired) electrons. The van der Waals surface area contributed by atoms with Crippen LogP contribution >= 0.6 is 0 Å². The van der Waals surface area contributed by atoms with Gasteiger partial charge in [-0.25, -0.2) is 0 Å². The molecule has 4 bridgehead atoms. The molecule has 4 aliphatic rings. The molecule has 6 rings (SSSR count). The standard InChI is InChI=1S/C27H33NO2/c1-24-14-25(2)16-26(3,15-24)19-27(17-24,18-25)23(29)28-21-9-11-22(12-10-21)30-13-20-7-5-4-6-8-20/h4-12H,13-19H2,1-3H3,(H,28,29). The largest absolute Gasteiger partial charge is 0.489 e. The van der Waals surface area contributed by atoms with Gasteiger partial charge in [-0.15, -0.1) is 0 Å². The number of nitrogens with one attached hydrogen (secondary N) is 1. The quantitative estimate of drug-likeness (QED) is 0.611. The lowest BCUT2D eigenvalue weighted by Gasteiger charge is -2.68. The van der Waals surface area contributed by atoms with Crippen LogP contribution < -0.4 is 10.1 Å². The first kappa shape index (κ1) is 19.7. The number of amides is 1. The summed E-state index contributed by atoms with van der Waals surface area (Å²) in [5, 5.41) is 3.26. The highest BCUT2D eigenvalue weighted by atomic mass is 16.5. The fourth-order valence-corrected chi connectivity index (χ4v) is 8.17. The summed E-state index contributed by atoms with van der Waals surface area (Å²) in [4.78, 5) is 13.5. The zero-order chi connectivity index (χ0) is 21.0. The maximum absolute atomic E-state index is 13.5. The second kappa shape index (κ2) is 6.60. The highest BCUT2D eigenvalue weighted by molar-refractivity contribution is 5.96. The minimum atomic E-state index is -0.213. The first-order valence-corrected chi connectivity index (χ1v) is 11.3. The third-order valence-corrected chi connectivity index (χ3v) is 7.70. The molecule has 1 amide bonds. The number of carbonyl (C=O) groups excluding carboxylic acids is 1. The van der Waals surface area contributed by atoms with Crippen molar-refractivity contribution in [3.8, 4) is 5.75 Å². The molecular formula is C27H33NO2. The molecule has 0 atom stereocenters. The highest BCUT2D eigenvalue weighted by Gasteiger charge is 2.66. The molecule has 3 heteroatoms. The van der Waals surface area contributed by atoms with E-state index in [1.54, 1.807) is 0 Å². The van der Waals surface area contributed by atoms with E-state index in [-0.39, 0.29) is 11.3 Å². The number of hydrogen-bond acceptors (Lipinski definition) is 2. The lowest BCUT2D eigenvalue weighted by atomic mass is 9.36. The summed E-state index contributed by atoms with van der Waals surface area (Å²) in [6, 6.07) is 18.0. The molecule has 4 aliphatic carbocycles. The minimum absolute atomic E-state index is 0.213. The summed E-state index contributed by atoms with van der Waals surface area (Å²) < 4.78 is 5.88. The Balaban J connectivity index is 1.28. The van der Waals surface area contributed by atoms with Gasteiger partial charge in [-0.3, -0.25) is 4.79 Å². The molecule has 0 aliphatic heterocycles. The maximum atomic E-state index is 13.5. The molecule has 30 heavy (non-hydrogen) atoms. The van der Waals surface area contributed by atoms with Gasteiger partial charge in [0.25, 0.3) is 0 Å². The van der Waals surface area contributed by atoms with Crippen molar-refractivity contribution < 1.29 is 9.53 Å². The Hall–Kier alpha value is -2.29. The summed E-state index contributed by atoms with van der Waals surface area (Å²) in [5.74, 6) is 1.04. The molecule has 1 N–H and O–H groups in total. The monoisotopic (exact) mass is 403 g/mol. The first-order valence-electron chi connectivity index (χ1n) is 11.3. The van der Waals surface area contributed by atoms with Crippen LogP contribution in [0.4, 0.5) is 5.69 Å². The van der Waals surface area contributed by atoms with Gasteiger partial charge in [0.2, 0.25) is 5.91 Å². The Morgan fingerprint density at radius 2 is 1.33 bits per heavy atom. The second-order valence-corrected chi connectivity index (χ2v) is 11.5. The van der Waals surface area contributed by atoms with Gasteiger partial charge in [-0.1, -0.05) is 51.1 Å². The summed E-state index contributed by atoms with van der Waals surface area (Å²) >= 11 is 0. The predicted molar refractivity (Wildman–Crippen MR) is 120 cm³/mol. The van der Waals surface area contributed by atoms with Crippen LogP contribution in [-0.2, 0) is 11.4 Å². The molecule has 0 aromatic heterocycles. The van der Waals surface area contributed by atoms with Gasteiger partial charge < -0.3 is 10.1 Å². The van der Waals surface area contributed by atoms with E-state index in [9.17, 15) is 4.79 Å². The van der Waals surface area contributed by atoms with E-state index < -0.39 is 0 Å². The van der Waals surface area contributed by atoms with Crippen molar-refractivity contribution in [2.45, 2.75) is 65.9 Å². The Kier molecular flexibility index (Phi) is 4.33. The highest BCUT2D eigenvalue weighted by Crippen LogP contribution is 2.73.